The normalized spacial score (nSPS) is 12.2. The first kappa shape index (κ1) is 21.4. The largest absolute Gasteiger partial charge is 0.352 e. The number of aryl methyl sites for hydroxylation is 2. The van der Waals surface area contributed by atoms with E-state index in [4.69, 9.17) is 0 Å². The molecule has 0 saturated carbocycles. The fraction of sp³-hybridized carbons (Fsp3) is 0.292. The average molecular weight is 431 g/mol. The average Bonchev–Trinajstić information content (AvgIpc) is 2.82. The maximum absolute atomic E-state index is 12.7. The van der Waals surface area contributed by atoms with Crippen LogP contribution < -0.4 is 16.4 Å². The van der Waals surface area contributed by atoms with Gasteiger partial charge in [-0.1, -0.05) is 43.3 Å². The molecule has 1 N–H and O–H groups in total. The number of rotatable bonds is 7. The minimum absolute atomic E-state index is 0.134. The van der Waals surface area contributed by atoms with Gasteiger partial charge in [0.25, 0.3) is 11.1 Å². The highest BCUT2D eigenvalue weighted by molar-refractivity contribution is 5.84. The fourth-order valence-corrected chi connectivity index (χ4v) is 3.84. The van der Waals surface area contributed by atoms with E-state index in [1.54, 1.807) is 25.4 Å². The van der Waals surface area contributed by atoms with Crippen LogP contribution in [0.15, 0.2) is 64.3 Å². The predicted molar refractivity (Wildman–Crippen MR) is 124 cm³/mol. The molecule has 8 heteroatoms. The Balaban J connectivity index is 1.45. The lowest BCUT2D eigenvalue weighted by atomic mass is 10.1. The lowest BCUT2D eigenvalue weighted by molar-refractivity contribution is -0.121. The molecule has 4 aromatic rings. The Morgan fingerprint density at radius 1 is 1.00 bits per heavy atom. The number of nitrogens with zero attached hydrogens (tertiary/aromatic N) is 4. The van der Waals surface area contributed by atoms with Crippen LogP contribution >= 0.6 is 0 Å². The molecule has 1 atom stereocenters. The van der Waals surface area contributed by atoms with Crippen molar-refractivity contribution >= 4 is 27.5 Å². The first-order valence-electron chi connectivity index (χ1n) is 10.7. The van der Waals surface area contributed by atoms with Crippen LogP contribution in [-0.2, 0) is 24.8 Å². The second-order valence-electron chi connectivity index (χ2n) is 7.81. The molecular formula is C24H25N5O3. The van der Waals surface area contributed by atoms with Crippen LogP contribution in [0.25, 0.3) is 21.5 Å². The number of aromatic nitrogens is 4. The van der Waals surface area contributed by atoms with Crippen LogP contribution in [0.3, 0.4) is 0 Å². The molecule has 164 valence electrons. The Hall–Kier alpha value is -3.81. The number of fused-ring (bicyclic) bond motifs is 2. The molecule has 2 aromatic heterocycles. The second kappa shape index (κ2) is 9.13. The number of nitrogens with one attached hydrogen (secondary N) is 1. The molecule has 0 unspecified atom stereocenters. The van der Waals surface area contributed by atoms with Crippen LogP contribution in [0.2, 0.25) is 0 Å². The van der Waals surface area contributed by atoms with Crippen molar-refractivity contribution in [3.05, 3.63) is 81.1 Å². The number of benzene rings is 2. The molecule has 0 aliphatic carbocycles. The van der Waals surface area contributed by atoms with Gasteiger partial charge in [0.15, 0.2) is 0 Å². The molecule has 0 aliphatic heterocycles. The third-order valence-electron chi connectivity index (χ3n) is 5.63. The zero-order valence-electron chi connectivity index (χ0n) is 18.1. The minimum atomic E-state index is -0.223. The van der Waals surface area contributed by atoms with Gasteiger partial charge in [-0.3, -0.25) is 14.4 Å². The first-order valence-corrected chi connectivity index (χ1v) is 10.7. The Labute approximate surface area is 184 Å². The van der Waals surface area contributed by atoms with Crippen molar-refractivity contribution in [1.82, 2.24) is 24.9 Å². The van der Waals surface area contributed by atoms with E-state index >= 15 is 0 Å². The molecule has 8 nitrogen and oxygen atoms in total. The maximum atomic E-state index is 12.7. The van der Waals surface area contributed by atoms with Crippen LogP contribution in [0.1, 0.15) is 25.5 Å². The summed E-state index contributed by atoms with van der Waals surface area (Å²) in [5.41, 5.74) is 0.378. The Morgan fingerprint density at radius 2 is 1.69 bits per heavy atom. The SMILES string of the molecule is CC[C@@H](Cn1ncc2ccccc2c1=O)NC(=O)CCc1nn(C)c(=O)c2ccccc12. The van der Waals surface area contributed by atoms with Gasteiger partial charge >= 0.3 is 0 Å². The molecular weight excluding hydrogens is 406 g/mol. The summed E-state index contributed by atoms with van der Waals surface area (Å²) in [7, 11) is 1.61. The van der Waals surface area contributed by atoms with E-state index in [2.05, 4.69) is 15.5 Å². The van der Waals surface area contributed by atoms with Crippen LogP contribution in [0.5, 0.6) is 0 Å². The van der Waals surface area contributed by atoms with Gasteiger partial charge in [0.05, 0.1) is 29.2 Å². The number of carbonyl (C=O) groups is 1. The summed E-state index contributed by atoms with van der Waals surface area (Å²) in [6.07, 6.45) is 2.96. The van der Waals surface area contributed by atoms with Gasteiger partial charge in [0, 0.05) is 36.7 Å². The van der Waals surface area contributed by atoms with E-state index in [1.165, 1.54) is 9.36 Å². The molecule has 1 amide bonds. The molecule has 32 heavy (non-hydrogen) atoms. The lowest BCUT2D eigenvalue weighted by Gasteiger charge is -2.18. The van der Waals surface area contributed by atoms with Gasteiger partial charge < -0.3 is 5.32 Å². The van der Waals surface area contributed by atoms with Crippen molar-refractivity contribution in [1.29, 1.82) is 0 Å². The van der Waals surface area contributed by atoms with Gasteiger partial charge in [-0.05, 0) is 18.6 Å². The smallest absolute Gasteiger partial charge is 0.274 e. The minimum Gasteiger partial charge on any atom is -0.352 e. The summed E-state index contributed by atoms with van der Waals surface area (Å²) in [6, 6.07) is 14.4. The van der Waals surface area contributed by atoms with Crippen molar-refractivity contribution in [3.63, 3.8) is 0 Å². The summed E-state index contributed by atoms with van der Waals surface area (Å²) in [4.78, 5) is 37.6. The van der Waals surface area contributed by atoms with Crippen molar-refractivity contribution in [3.8, 4) is 0 Å². The van der Waals surface area contributed by atoms with E-state index in [0.29, 0.717) is 35.9 Å². The molecule has 2 aromatic carbocycles. The predicted octanol–water partition coefficient (Wildman–Crippen LogP) is 2.17. The second-order valence-corrected chi connectivity index (χ2v) is 7.81. The topological polar surface area (TPSA) is 98.9 Å². The molecule has 2 heterocycles. The molecule has 0 saturated heterocycles. The molecule has 0 fully saturated rings. The molecule has 0 spiro atoms. The van der Waals surface area contributed by atoms with Crippen LogP contribution in [0, 0.1) is 0 Å². The van der Waals surface area contributed by atoms with Gasteiger partial charge in [0.1, 0.15) is 0 Å². The van der Waals surface area contributed by atoms with Crippen molar-refractivity contribution in [2.75, 3.05) is 0 Å². The number of hydrogen-bond acceptors (Lipinski definition) is 5. The highest BCUT2D eigenvalue weighted by Crippen LogP contribution is 2.14. The van der Waals surface area contributed by atoms with Crippen LogP contribution in [-0.4, -0.2) is 31.5 Å². The summed E-state index contributed by atoms with van der Waals surface area (Å²) < 4.78 is 2.71. The van der Waals surface area contributed by atoms with Crippen molar-refractivity contribution < 1.29 is 4.79 Å². The third-order valence-corrected chi connectivity index (χ3v) is 5.63. The van der Waals surface area contributed by atoms with Crippen molar-refractivity contribution in [2.45, 2.75) is 38.8 Å². The summed E-state index contributed by atoms with van der Waals surface area (Å²) in [6.45, 7) is 2.26. The Bertz CT molecular complexity index is 1410. The third kappa shape index (κ3) is 4.30. The fourth-order valence-electron chi connectivity index (χ4n) is 3.84. The van der Waals surface area contributed by atoms with E-state index in [0.717, 1.165) is 10.8 Å². The van der Waals surface area contributed by atoms with E-state index in [-0.39, 0.29) is 29.5 Å². The van der Waals surface area contributed by atoms with Gasteiger partial charge in [-0.15, -0.1) is 0 Å². The molecule has 0 bridgehead atoms. The zero-order chi connectivity index (χ0) is 22.7. The standard InChI is InChI=1S/C24H25N5O3/c1-3-17(15-29-24(32)18-9-5-4-8-16(18)14-25-29)26-22(30)13-12-21-19-10-6-7-11-20(19)23(31)28(2)27-21/h4-11,14,17H,3,12-13,15H2,1-2H3,(H,26,30)/t17-/m0/s1. The highest BCUT2D eigenvalue weighted by atomic mass is 16.2. The summed E-state index contributed by atoms with van der Waals surface area (Å²) in [5.74, 6) is -0.134. The Kier molecular flexibility index (Phi) is 6.11. The van der Waals surface area contributed by atoms with Gasteiger partial charge in [0.2, 0.25) is 5.91 Å². The lowest BCUT2D eigenvalue weighted by Crippen LogP contribution is -2.40. The molecule has 0 aliphatic rings. The zero-order valence-corrected chi connectivity index (χ0v) is 18.1. The molecule has 0 radical (unpaired) electrons. The maximum Gasteiger partial charge on any atom is 0.274 e. The van der Waals surface area contributed by atoms with E-state index < -0.39 is 0 Å². The monoisotopic (exact) mass is 431 g/mol. The van der Waals surface area contributed by atoms with Gasteiger partial charge in [-0.2, -0.15) is 10.2 Å². The van der Waals surface area contributed by atoms with Crippen LogP contribution in [0.4, 0.5) is 0 Å². The van der Waals surface area contributed by atoms with E-state index in [1.807, 2.05) is 43.3 Å². The van der Waals surface area contributed by atoms with Gasteiger partial charge in [-0.25, -0.2) is 9.36 Å². The first-order chi connectivity index (χ1) is 15.5. The number of amides is 1. The Morgan fingerprint density at radius 3 is 2.44 bits per heavy atom. The van der Waals surface area contributed by atoms with Crippen molar-refractivity contribution in [2.24, 2.45) is 7.05 Å². The van der Waals surface area contributed by atoms with E-state index in [9.17, 15) is 14.4 Å². The number of carbonyl (C=O) groups excluding carboxylic acids is 1. The summed E-state index contributed by atoms with van der Waals surface area (Å²) >= 11 is 0. The number of hydrogen-bond donors (Lipinski definition) is 1. The quantitative estimate of drug-likeness (QED) is 0.484. The summed E-state index contributed by atoms with van der Waals surface area (Å²) in [5, 5.41) is 14.4. The highest BCUT2D eigenvalue weighted by Gasteiger charge is 2.15. The molecule has 4 rings (SSSR count).